The SMILES string of the molecule is COC(=O)C1(C(=O)OC)CCC(O[Si](C)(C)C)C2(C3=C[C@H]4C5C=CC3C4O[Si](C(C)(C)C)(C(C)(C)C)O5)C(=O)CCC12. The molecule has 234 valence electrons. The fourth-order valence-corrected chi connectivity index (χ4v) is 15.6. The molecule has 5 rings (SSSR count). The number of hydrogen-bond donors (Lipinski definition) is 0. The zero-order chi connectivity index (χ0) is 31.3. The molecule has 0 spiro atoms. The molecule has 8 nitrogen and oxygen atoms in total. The molecule has 3 fully saturated rings. The predicted octanol–water partition coefficient (Wildman–Crippen LogP) is 5.87. The van der Waals surface area contributed by atoms with Crippen LogP contribution in [0.4, 0.5) is 0 Å². The standard InChI is InChI=1S/C32H50O8Si2/c1-29(2,3)42(30(4,5)6)38-22-13-12-19-21(18-20(22)26(19)40-42)32-23(14-15-24(32)33)31(27(34)36-7,28(35)37-8)17-16-25(32)39-41(9,10)11/h12-13,18-20,22-23,25-26H,14-17H2,1-11H3/t19?,20-,22?,23?,25?,26?,32?/m0/s1. The summed E-state index contributed by atoms with van der Waals surface area (Å²) in [5.74, 6) is -2.12. The van der Waals surface area contributed by atoms with Gasteiger partial charge in [0.25, 0.3) is 0 Å². The molecule has 0 aromatic carbocycles. The molecule has 4 aliphatic carbocycles. The van der Waals surface area contributed by atoms with E-state index in [1.54, 1.807) is 0 Å². The van der Waals surface area contributed by atoms with E-state index in [0.717, 1.165) is 5.57 Å². The van der Waals surface area contributed by atoms with Crippen LogP contribution in [0.5, 0.6) is 0 Å². The first-order chi connectivity index (χ1) is 19.3. The van der Waals surface area contributed by atoms with Gasteiger partial charge >= 0.3 is 20.5 Å². The van der Waals surface area contributed by atoms with E-state index in [0.29, 0.717) is 12.8 Å². The Labute approximate surface area is 253 Å². The fraction of sp³-hybridized carbons (Fsp3) is 0.781. The second-order valence-electron chi connectivity index (χ2n) is 16.0. The normalized spacial score (nSPS) is 36.7. The summed E-state index contributed by atoms with van der Waals surface area (Å²) < 4.78 is 31.8. The van der Waals surface area contributed by atoms with Gasteiger partial charge in [-0.1, -0.05) is 59.8 Å². The number of carbonyl (C=O) groups excluding carboxylic acids is 3. The first kappa shape index (κ1) is 31.8. The molecular weight excluding hydrogens is 569 g/mol. The molecule has 0 aromatic heterocycles. The summed E-state index contributed by atoms with van der Waals surface area (Å²) in [7, 11) is -2.38. The van der Waals surface area contributed by atoms with Gasteiger partial charge < -0.3 is 22.8 Å². The number of ether oxygens (including phenoxy) is 2. The molecule has 0 aromatic rings. The number of carbonyl (C=O) groups is 3. The first-order valence-electron chi connectivity index (χ1n) is 15.5. The minimum absolute atomic E-state index is 0.0328. The molecule has 1 aliphatic heterocycles. The van der Waals surface area contributed by atoms with Crippen molar-refractivity contribution in [2.45, 2.75) is 115 Å². The van der Waals surface area contributed by atoms with E-state index in [1.165, 1.54) is 14.2 Å². The lowest BCUT2D eigenvalue weighted by molar-refractivity contribution is -0.186. The highest BCUT2D eigenvalue weighted by Crippen LogP contribution is 2.68. The smallest absolute Gasteiger partial charge is 0.350 e. The summed E-state index contributed by atoms with van der Waals surface area (Å²) in [5, 5.41) is -0.396. The average molecular weight is 619 g/mol. The Kier molecular flexibility index (Phi) is 7.54. The monoisotopic (exact) mass is 618 g/mol. The highest BCUT2D eigenvalue weighted by Gasteiger charge is 2.75. The number of Topliss-reactive ketones (excluding diaryl/α,β-unsaturated/α-hetero) is 1. The Morgan fingerprint density at radius 2 is 1.55 bits per heavy atom. The molecule has 4 bridgehead atoms. The first-order valence-corrected chi connectivity index (χ1v) is 20.7. The third kappa shape index (κ3) is 4.18. The second-order valence-corrected chi connectivity index (χ2v) is 25.2. The van der Waals surface area contributed by atoms with Gasteiger partial charge in [0.2, 0.25) is 0 Å². The molecular formula is C32H50O8Si2. The predicted molar refractivity (Wildman–Crippen MR) is 163 cm³/mol. The summed E-state index contributed by atoms with van der Waals surface area (Å²) >= 11 is 0. The number of hydrogen-bond acceptors (Lipinski definition) is 8. The van der Waals surface area contributed by atoms with Crippen LogP contribution in [0.25, 0.3) is 0 Å². The molecule has 5 aliphatic rings. The Balaban J connectivity index is 1.70. The van der Waals surface area contributed by atoms with E-state index < -0.39 is 51.7 Å². The van der Waals surface area contributed by atoms with Crippen LogP contribution >= 0.6 is 0 Å². The van der Waals surface area contributed by atoms with E-state index >= 15 is 0 Å². The molecule has 10 heteroatoms. The van der Waals surface area contributed by atoms with Crippen molar-refractivity contribution in [3.63, 3.8) is 0 Å². The van der Waals surface area contributed by atoms with E-state index in [1.807, 2.05) is 0 Å². The number of esters is 2. The number of rotatable bonds is 5. The molecule has 6 unspecified atom stereocenters. The number of fused-ring (bicyclic) bond motifs is 1. The van der Waals surface area contributed by atoms with Gasteiger partial charge in [0.05, 0.1) is 37.9 Å². The third-order valence-corrected chi connectivity index (χ3v) is 16.7. The molecule has 2 saturated carbocycles. The van der Waals surface area contributed by atoms with Crippen LogP contribution in [0.1, 0.15) is 67.2 Å². The van der Waals surface area contributed by atoms with Crippen molar-refractivity contribution >= 4 is 34.6 Å². The van der Waals surface area contributed by atoms with Crippen molar-refractivity contribution in [3.05, 3.63) is 23.8 Å². The second kappa shape index (κ2) is 9.96. The van der Waals surface area contributed by atoms with Crippen LogP contribution in [0.2, 0.25) is 29.7 Å². The van der Waals surface area contributed by atoms with Crippen molar-refractivity contribution in [1.82, 2.24) is 0 Å². The Morgan fingerprint density at radius 3 is 2.07 bits per heavy atom. The third-order valence-electron chi connectivity index (χ3n) is 10.6. The molecule has 1 heterocycles. The summed E-state index contributed by atoms with van der Waals surface area (Å²) in [6, 6.07) is 0. The maximum Gasteiger partial charge on any atom is 0.350 e. The van der Waals surface area contributed by atoms with E-state index in [-0.39, 0.29) is 52.7 Å². The van der Waals surface area contributed by atoms with Gasteiger partial charge in [0.1, 0.15) is 5.78 Å². The zero-order valence-corrected chi connectivity index (χ0v) is 29.3. The van der Waals surface area contributed by atoms with Gasteiger partial charge in [-0.15, -0.1) is 0 Å². The Morgan fingerprint density at radius 1 is 0.952 bits per heavy atom. The largest absolute Gasteiger partial charge is 0.468 e. The Hall–Kier alpha value is -1.60. The van der Waals surface area contributed by atoms with Crippen molar-refractivity contribution in [2.24, 2.45) is 28.6 Å². The molecule has 0 amide bonds. The van der Waals surface area contributed by atoms with E-state index in [2.05, 4.69) is 79.4 Å². The average Bonchev–Trinajstić information content (AvgIpc) is 3.35. The quantitative estimate of drug-likeness (QED) is 0.163. The lowest BCUT2D eigenvalue weighted by Crippen LogP contribution is -2.67. The van der Waals surface area contributed by atoms with Crippen LogP contribution in [-0.2, 0) is 37.1 Å². The minimum atomic E-state index is -2.83. The molecule has 1 saturated heterocycles. The van der Waals surface area contributed by atoms with Crippen molar-refractivity contribution in [1.29, 1.82) is 0 Å². The number of ketones is 1. The van der Waals surface area contributed by atoms with Crippen LogP contribution in [0.15, 0.2) is 23.8 Å². The van der Waals surface area contributed by atoms with Gasteiger partial charge in [0.15, 0.2) is 13.7 Å². The summed E-state index contributed by atoms with van der Waals surface area (Å²) in [6.45, 7) is 19.6. The van der Waals surface area contributed by atoms with Crippen molar-refractivity contribution < 1.29 is 37.1 Å². The molecule has 7 atom stereocenters. The van der Waals surface area contributed by atoms with Crippen molar-refractivity contribution in [2.75, 3.05) is 14.2 Å². The highest BCUT2D eigenvalue weighted by atomic mass is 28.4. The maximum atomic E-state index is 14.6. The molecule has 0 radical (unpaired) electrons. The lowest BCUT2D eigenvalue weighted by Gasteiger charge is -2.58. The lowest BCUT2D eigenvalue weighted by atomic mass is 9.50. The zero-order valence-electron chi connectivity index (χ0n) is 27.3. The van der Waals surface area contributed by atoms with Gasteiger partial charge in [-0.05, 0) is 44.5 Å². The summed E-state index contributed by atoms with van der Waals surface area (Å²) in [6.07, 6.45) is 6.94. The van der Waals surface area contributed by atoms with Crippen LogP contribution in [0, 0.1) is 28.6 Å². The van der Waals surface area contributed by atoms with Crippen LogP contribution in [-0.4, -0.2) is 67.1 Å². The maximum absolute atomic E-state index is 14.6. The van der Waals surface area contributed by atoms with Gasteiger partial charge in [-0.2, -0.15) is 0 Å². The highest BCUT2D eigenvalue weighted by molar-refractivity contribution is 6.73. The van der Waals surface area contributed by atoms with Crippen LogP contribution < -0.4 is 0 Å². The topological polar surface area (TPSA) is 97.4 Å². The summed E-state index contributed by atoms with van der Waals surface area (Å²) in [5.41, 5.74) is -1.82. The molecule has 0 N–H and O–H groups in total. The van der Waals surface area contributed by atoms with E-state index in [9.17, 15) is 14.4 Å². The Bertz CT molecular complexity index is 1190. The van der Waals surface area contributed by atoms with Gasteiger partial charge in [-0.25, -0.2) is 0 Å². The van der Waals surface area contributed by atoms with E-state index in [4.69, 9.17) is 22.8 Å². The van der Waals surface area contributed by atoms with Gasteiger partial charge in [0, 0.05) is 34.3 Å². The van der Waals surface area contributed by atoms with Crippen molar-refractivity contribution in [3.8, 4) is 0 Å². The van der Waals surface area contributed by atoms with Crippen LogP contribution in [0.3, 0.4) is 0 Å². The number of methoxy groups -OCH3 is 2. The molecule has 42 heavy (non-hydrogen) atoms. The minimum Gasteiger partial charge on any atom is -0.468 e. The van der Waals surface area contributed by atoms with Gasteiger partial charge in [-0.3, -0.25) is 14.4 Å². The summed E-state index contributed by atoms with van der Waals surface area (Å²) in [4.78, 5) is 41.9. The fourth-order valence-electron chi connectivity index (χ4n) is 9.38.